The Morgan fingerprint density at radius 1 is 1.43 bits per heavy atom. The van der Waals surface area contributed by atoms with Crippen LogP contribution in [0.3, 0.4) is 0 Å². The van der Waals surface area contributed by atoms with Gasteiger partial charge in [0.2, 0.25) is 0 Å². The first-order chi connectivity index (χ1) is 9.85. The molecular formula is C14H17N3O4. The van der Waals surface area contributed by atoms with E-state index in [0.29, 0.717) is 12.2 Å². The van der Waals surface area contributed by atoms with Crippen molar-refractivity contribution in [3.05, 3.63) is 38.2 Å². The fourth-order valence-corrected chi connectivity index (χ4v) is 2.07. The fraction of sp³-hybridized carbons (Fsp3) is 0.429. The summed E-state index contributed by atoms with van der Waals surface area (Å²) in [5.41, 5.74) is -0.168. The second kappa shape index (κ2) is 5.51. The lowest BCUT2D eigenvalue weighted by Gasteiger charge is -2.11. The van der Waals surface area contributed by atoms with Crippen LogP contribution in [0.2, 0.25) is 0 Å². The summed E-state index contributed by atoms with van der Waals surface area (Å²) in [6.45, 7) is 7.26. The van der Waals surface area contributed by atoms with Crippen LogP contribution in [0, 0.1) is 6.92 Å². The average molecular weight is 291 g/mol. The summed E-state index contributed by atoms with van der Waals surface area (Å²) in [4.78, 5) is 42.1. The van der Waals surface area contributed by atoms with Crippen molar-refractivity contribution < 1.29 is 9.53 Å². The molecule has 0 bridgehead atoms. The zero-order chi connectivity index (χ0) is 15.7. The van der Waals surface area contributed by atoms with Gasteiger partial charge in [0.1, 0.15) is 5.65 Å². The van der Waals surface area contributed by atoms with Crippen LogP contribution in [-0.4, -0.2) is 26.6 Å². The van der Waals surface area contributed by atoms with E-state index in [0.717, 1.165) is 0 Å². The maximum atomic E-state index is 12.0. The highest BCUT2D eigenvalue weighted by atomic mass is 16.5. The van der Waals surface area contributed by atoms with Crippen molar-refractivity contribution in [3.8, 4) is 0 Å². The summed E-state index contributed by atoms with van der Waals surface area (Å²) < 4.78 is 6.47. The van der Waals surface area contributed by atoms with Gasteiger partial charge in [0.25, 0.3) is 5.56 Å². The predicted octanol–water partition coefficient (Wildman–Crippen LogP) is 0.978. The van der Waals surface area contributed by atoms with E-state index in [1.165, 1.54) is 10.6 Å². The number of pyridine rings is 1. The molecule has 7 heteroatoms. The van der Waals surface area contributed by atoms with Gasteiger partial charge in [0.15, 0.2) is 0 Å². The number of aromatic nitrogens is 3. The van der Waals surface area contributed by atoms with Crippen molar-refractivity contribution in [1.82, 2.24) is 14.5 Å². The number of aryl methyl sites for hydroxylation is 2. The van der Waals surface area contributed by atoms with Crippen LogP contribution in [0.4, 0.5) is 0 Å². The molecule has 0 radical (unpaired) electrons. The van der Waals surface area contributed by atoms with Gasteiger partial charge in [0, 0.05) is 6.54 Å². The zero-order valence-corrected chi connectivity index (χ0v) is 12.4. The van der Waals surface area contributed by atoms with Crippen molar-refractivity contribution in [2.45, 2.75) is 40.3 Å². The minimum Gasteiger partial charge on any atom is -0.459 e. The third-order valence-electron chi connectivity index (χ3n) is 3.04. The Hall–Kier alpha value is -2.44. The Bertz CT molecular complexity index is 817. The van der Waals surface area contributed by atoms with Gasteiger partial charge in [-0.3, -0.25) is 14.3 Å². The van der Waals surface area contributed by atoms with Gasteiger partial charge in [-0.15, -0.1) is 0 Å². The molecule has 0 amide bonds. The minimum atomic E-state index is -0.564. The Kier molecular flexibility index (Phi) is 3.93. The Morgan fingerprint density at radius 2 is 2.10 bits per heavy atom. The van der Waals surface area contributed by atoms with Crippen LogP contribution in [-0.2, 0) is 11.3 Å². The van der Waals surface area contributed by atoms with Crippen LogP contribution in [0.25, 0.3) is 11.0 Å². The average Bonchev–Trinajstić information content (AvgIpc) is 2.37. The summed E-state index contributed by atoms with van der Waals surface area (Å²) in [6, 6.07) is 1.42. The molecule has 21 heavy (non-hydrogen) atoms. The van der Waals surface area contributed by atoms with Gasteiger partial charge in [0.05, 0.1) is 22.7 Å². The molecule has 0 saturated carbocycles. The van der Waals surface area contributed by atoms with Crippen LogP contribution in [0.1, 0.15) is 36.8 Å². The lowest BCUT2D eigenvalue weighted by Crippen LogP contribution is -2.31. The second-order valence-corrected chi connectivity index (χ2v) is 4.95. The third kappa shape index (κ3) is 2.72. The predicted molar refractivity (Wildman–Crippen MR) is 77.6 cm³/mol. The molecule has 2 heterocycles. The number of fused-ring (bicyclic) bond motifs is 1. The summed E-state index contributed by atoms with van der Waals surface area (Å²) in [5.74, 6) is -0.537. The molecule has 0 spiro atoms. The van der Waals surface area contributed by atoms with E-state index in [2.05, 4.69) is 9.97 Å². The van der Waals surface area contributed by atoms with Crippen molar-refractivity contribution in [2.24, 2.45) is 0 Å². The summed E-state index contributed by atoms with van der Waals surface area (Å²) in [6.07, 6.45) is -0.268. The number of aromatic amines is 1. The van der Waals surface area contributed by atoms with E-state index < -0.39 is 17.2 Å². The van der Waals surface area contributed by atoms with E-state index in [-0.39, 0.29) is 22.7 Å². The zero-order valence-electron chi connectivity index (χ0n) is 12.4. The quantitative estimate of drug-likeness (QED) is 0.851. The molecule has 0 aliphatic heterocycles. The van der Waals surface area contributed by atoms with Crippen molar-refractivity contribution in [2.75, 3.05) is 0 Å². The molecule has 112 valence electrons. The van der Waals surface area contributed by atoms with Crippen LogP contribution in [0.5, 0.6) is 0 Å². The molecule has 1 N–H and O–H groups in total. The van der Waals surface area contributed by atoms with Crippen LogP contribution >= 0.6 is 0 Å². The number of ether oxygens (including phenoxy) is 1. The number of esters is 1. The molecule has 0 atom stereocenters. The van der Waals surface area contributed by atoms with Gasteiger partial charge >= 0.3 is 11.7 Å². The molecule has 0 aromatic carbocycles. The highest BCUT2D eigenvalue weighted by Crippen LogP contribution is 2.14. The molecule has 0 aliphatic carbocycles. The highest BCUT2D eigenvalue weighted by Gasteiger charge is 2.17. The first-order valence-electron chi connectivity index (χ1n) is 6.70. The molecule has 2 aromatic rings. The van der Waals surface area contributed by atoms with Crippen LogP contribution < -0.4 is 11.2 Å². The van der Waals surface area contributed by atoms with Gasteiger partial charge in [-0.1, -0.05) is 0 Å². The van der Waals surface area contributed by atoms with E-state index >= 15 is 0 Å². The number of H-pyrrole nitrogens is 1. The largest absolute Gasteiger partial charge is 0.459 e. The Morgan fingerprint density at radius 3 is 2.67 bits per heavy atom. The van der Waals surface area contributed by atoms with Gasteiger partial charge in [-0.25, -0.2) is 14.6 Å². The maximum absolute atomic E-state index is 12.0. The van der Waals surface area contributed by atoms with Crippen molar-refractivity contribution >= 4 is 17.0 Å². The van der Waals surface area contributed by atoms with Crippen molar-refractivity contribution in [1.29, 1.82) is 0 Å². The van der Waals surface area contributed by atoms with E-state index in [1.807, 2.05) is 0 Å². The molecular weight excluding hydrogens is 274 g/mol. The van der Waals surface area contributed by atoms with E-state index in [4.69, 9.17) is 4.74 Å². The Labute approximate surface area is 120 Å². The molecule has 0 saturated heterocycles. The number of rotatable bonds is 3. The van der Waals surface area contributed by atoms with Gasteiger partial charge in [-0.05, 0) is 33.8 Å². The number of nitrogens with zero attached hydrogens (tertiary/aromatic N) is 2. The summed E-state index contributed by atoms with van der Waals surface area (Å²) >= 11 is 0. The topological polar surface area (TPSA) is 94.1 Å². The molecule has 2 aromatic heterocycles. The number of hydrogen-bond donors (Lipinski definition) is 1. The molecule has 0 aliphatic rings. The van der Waals surface area contributed by atoms with Crippen LogP contribution in [0.15, 0.2) is 15.7 Å². The first-order valence-corrected chi connectivity index (χ1v) is 6.70. The molecule has 0 fully saturated rings. The van der Waals surface area contributed by atoms with E-state index in [9.17, 15) is 14.4 Å². The standard InChI is InChI=1S/C14H17N3O4/c1-5-17-11-10(12(18)16-14(17)20)6-9(8(4)15-11)13(19)21-7(2)3/h6-7H,5H2,1-4H3,(H,16,18,20). The van der Waals surface area contributed by atoms with Gasteiger partial charge in [-0.2, -0.15) is 0 Å². The minimum absolute atomic E-state index is 0.192. The number of carbonyl (C=O) groups excluding carboxylic acids is 1. The normalized spacial score (nSPS) is 11.1. The van der Waals surface area contributed by atoms with Gasteiger partial charge < -0.3 is 4.74 Å². The smallest absolute Gasteiger partial charge is 0.340 e. The first kappa shape index (κ1) is 15.0. The van der Waals surface area contributed by atoms with Crippen molar-refractivity contribution in [3.63, 3.8) is 0 Å². The maximum Gasteiger partial charge on any atom is 0.340 e. The number of carbonyl (C=O) groups is 1. The third-order valence-corrected chi connectivity index (χ3v) is 3.04. The lowest BCUT2D eigenvalue weighted by molar-refractivity contribution is 0.0376. The number of nitrogens with one attached hydrogen (secondary N) is 1. The monoisotopic (exact) mass is 291 g/mol. The highest BCUT2D eigenvalue weighted by molar-refractivity contribution is 5.94. The summed E-state index contributed by atoms with van der Waals surface area (Å²) in [7, 11) is 0. The lowest BCUT2D eigenvalue weighted by atomic mass is 10.1. The Balaban J connectivity index is 2.74. The molecule has 0 unspecified atom stereocenters. The van der Waals surface area contributed by atoms with E-state index in [1.54, 1.807) is 27.7 Å². The molecule has 2 rings (SSSR count). The number of hydrogen-bond acceptors (Lipinski definition) is 5. The second-order valence-electron chi connectivity index (χ2n) is 4.95. The molecule has 7 nitrogen and oxygen atoms in total. The summed E-state index contributed by atoms with van der Waals surface area (Å²) in [5, 5.41) is 0.192. The SMILES string of the molecule is CCn1c(=O)[nH]c(=O)c2cc(C(=O)OC(C)C)c(C)nc21. The fourth-order valence-electron chi connectivity index (χ4n) is 2.07.